The fourth-order valence-electron chi connectivity index (χ4n) is 3.50. The Morgan fingerprint density at radius 1 is 1.38 bits per heavy atom. The van der Waals surface area contributed by atoms with Crippen molar-refractivity contribution in [3.8, 4) is 0 Å². The number of ether oxygens (including phenoxy) is 1. The van der Waals surface area contributed by atoms with Crippen LogP contribution < -0.4 is 5.32 Å². The van der Waals surface area contributed by atoms with Crippen molar-refractivity contribution in [2.24, 2.45) is 0 Å². The average molecular weight is 378 g/mol. The fourth-order valence-corrected chi connectivity index (χ4v) is 5.38. The number of nitrogens with one attached hydrogen (secondary N) is 1. The Bertz CT molecular complexity index is 961. The summed E-state index contributed by atoms with van der Waals surface area (Å²) in [7, 11) is -2.39. The van der Waals surface area contributed by atoms with Crippen molar-refractivity contribution < 1.29 is 22.9 Å². The van der Waals surface area contributed by atoms with Gasteiger partial charge >= 0.3 is 5.97 Å². The van der Waals surface area contributed by atoms with Crippen molar-refractivity contribution in [2.45, 2.75) is 25.7 Å². The van der Waals surface area contributed by atoms with Crippen LogP contribution in [0.15, 0.2) is 46.1 Å². The van der Waals surface area contributed by atoms with Gasteiger partial charge in [0.2, 0.25) is 0 Å². The first-order valence-corrected chi connectivity index (χ1v) is 9.67. The van der Waals surface area contributed by atoms with E-state index in [1.807, 2.05) is 0 Å². The van der Waals surface area contributed by atoms with E-state index in [2.05, 4.69) is 5.32 Å². The smallest absolute Gasteiger partial charge is 0.336 e. The van der Waals surface area contributed by atoms with Crippen LogP contribution in [0, 0.1) is 10.1 Å². The number of rotatable bonds is 3. The molecule has 0 saturated carbocycles. The molecule has 0 radical (unpaired) electrons. The first-order valence-electron chi connectivity index (χ1n) is 8.02. The van der Waals surface area contributed by atoms with Gasteiger partial charge in [0.15, 0.2) is 9.84 Å². The van der Waals surface area contributed by atoms with E-state index in [4.69, 9.17) is 4.74 Å². The Kier molecular flexibility index (Phi) is 4.57. The third kappa shape index (κ3) is 2.98. The molecule has 26 heavy (non-hydrogen) atoms. The van der Waals surface area contributed by atoms with Crippen LogP contribution in [-0.2, 0) is 19.4 Å². The molecule has 2 heterocycles. The lowest BCUT2D eigenvalue weighted by atomic mass is 9.85. The highest BCUT2D eigenvalue weighted by Gasteiger charge is 2.42. The van der Waals surface area contributed by atoms with Crippen LogP contribution in [0.4, 0.5) is 5.69 Å². The van der Waals surface area contributed by atoms with Crippen LogP contribution in [0.3, 0.4) is 0 Å². The maximum absolute atomic E-state index is 12.8. The molecular formula is C17H18N2O6S. The molecule has 3 rings (SSSR count). The lowest BCUT2D eigenvalue weighted by Crippen LogP contribution is -2.35. The summed E-state index contributed by atoms with van der Waals surface area (Å²) >= 11 is 0. The van der Waals surface area contributed by atoms with Gasteiger partial charge in [0, 0.05) is 23.5 Å². The van der Waals surface area contributed by atoms with Crippen LogP contribution in [0.5, 0.6) is 0 Å². The molecule has 9 heteroatoms. The number of methoxy groups -OCH3 is 1. The van der Waals surface area contributed by atoms with Crippen molar-refractivity contribution in [1.82, 2.24) is 5.32 Å². The highest BCUT2D eigenvalue weighted by molar-refractivity contribution is 7.95. The number of hydrogen-bond acceptors (Lipinski definition) is 7. The van der Waals surface area contributed by atoms with Crippen LogP contribution in [0.1, 0.15) is 31.2 Å². The number of allylic oxidation sites excluding steroid dienone is 3. The van der Waals surface area contributed by atoms with Crippen molar-refractivity contribution in [3.05, 3.63) is 61.8 Å². The summed E-state index contributed by atoms with van der Waals surface area (Å²) < 4.78 is 30.4. The number of esters is 1. The van der Waals surface area contributed by atoms with Gasteiger partial charge in [0.25, 0.3) is 5.69 Å². The van der Waals surface area contributed by atoms with E-state index >= 15 is 0 Å². The predicted molar refractivity (Wildman–Crippen MR) is 93.7 cm³/mol. The predicted octanol–water partition coefficient (Wildman–Crippen LogP) is 2.15. The van der Waals surface area contributed by atoms with E-state index in [1.165, 1.54) is 25.3 Å². The quantitative estimate of drug-likeness (QED) is 0.487. The Balaban J connectivity index is 2.28. The number of carbonyl (C=O) groups excluding carboxylic acids is 1. The van der Waals surface area contributed by atoms with E-state index in [9.17, 15) is 23.3 Å². The molecule has 0 aliphatic carbocycles. The van der Waals surface area contributed by atoms with Gasteiger partial charge in [-0.15, -0.1) is 0 Å². The van der Waals surface area contributed by atoms with E-state index in [-0.39, 0.29) is 21.9 Å². The van der Waals surface area contributed by atoms with Crippen molar-refractivity contribution in [1.29, 1.82) is 0 Å². The number of nitro groups is 1. The number of dihydropyridines is 1. The molecule has 0 fully saturated rings. The third-order valence-electron chi connectivity index (χ3n) is 4.59. The zero-order valence-electron chi connectivity index (χ0n) is 14.3. The zero-order chi connectivity index (χ0) is 19.1. The minimum Gasteiger partial charge on any atom is -0.466 e. The SMILES string of the molecule is COC(=O)C1=C(C)NC2=C(C1c1cccc([N+](=O)[O-])c1)S(=O)(=O)CCC2. The summed E-state index contributed by atoms with van der Waals surface area (Å²) in [6.45, 7) is 1.67. The van der Waals surface area contributed by atoms with Gasteiger partial charge in [-0.05, 0) is 25.3 Å². The van der Waals surface area contributed by atoms with Gasteiger partial charge in [-0.1, -0.05) is 12.1 Å². The van der Waals surface area contributed by atoms with E-state index in [0.717, 1.165) is 0 Å². The maximum Gasteiger partial charge on any atom is 0.336 e. The highest BCUT2D eigenvalue weighted by Crippen LogP contribution is 2.44. The van der Waals surface area contributed by atoms with E-state index < -0.39 is 26.6 Å². The zero-order valence-corrected chi connectivity index (χ0v) is 15.1. The summed E-state index contributed by atoms with van der Waals surface area (Å²) in [5.74, 6) is -1.62. The molecule has 0 saturated heterocycles. The first kappa shape index (κ1) is 18.1. The van der Waals surface area contributed by atoms with Crippen LogP contribution in [-0.4, -0.2) is 32.2 Å². The molecule has 0 amide bonds. The molecule has 0 spiro atoms. The third-order valence-corrected chi connectivity index (χ3v) is 6.56. The van der Waals surface area contributed by atoms with Gasteiger partial charge in [0.05, 0.1) is 34.2 Å². The second-order valence-electron chi connectivity index (χ2n) is 6.21. The monoisotopic (exact) mass is 378 g/mol. The normalized spacial score (nSPS) is 21.7. The molecule has 138 valence electrons. The summed E-state index contributed by atoms with van der Waals surface area (Å²) in [6.07, 6.45) is 1.02. The molecule has 1 unspecified atom stereocenters. The van der Waals surface area contributed by atoms with E-state index in [0.29, 0.717) is 29.8 Å². The minimum absolute atomic E-state index is 0.0214. The van der Waals surface area contributed by atoms with E-state index in [1.54, 1.807) is 13.0 Å². The van der Waals surface area contributed by atoms with Gasteiger partial charge in [0.1, 0.15) is 0 Å². The van der Waals surface area contributed by atoms with Crippen LogP contribution >= 0.6 is 0 Å². The largest absolute Gasteiger partial charge is 0.466 e. The number of sulfone groups is 1. The van der Waals surface area contributed by atoms with Crippen molar-refractivity contribution >= 4 is 21.5 Å². The lowest BCUT2D eigenvalue weighted by Gasteiger charge is -2.34. The number of benzene rings is 1. The molecule has 8 nitrogen and oxygen atoms in total. The second kappa shape index (κ2) is 6.56. The Labute approximate surface area is 150 Å². The minimum atomic E-state index is -3.61. The molecule has 1 aromatic rings. The van der Waals surface area contributed by atoms with Crippen molar-refractivity contribution in [3.63, 3.8) is 0 Å². The van der Waals surface area contributed by atoms with Crippen molar-refractivity contribution in [2.75, 3.05) is 12.9 Å². The summed E-state index contributed by atoms with van der Waals surface area (Å²) in [6, 6.07) is 5.70. The average Bonchev–Trinajstić information content (AvgIpc) is 2.59. The molecule has 0 aromatic heterocycles. The van der Waals surface area contributed by atoms with Crippen LogP contribution in [0.25, 0.3) is 0 Å². The molecule has 2 aliphatic heterocycles. The van der Waals surface area contributed by atoms with Crippen LogP contribution in [0.2, 0.25) is 0 Å². The summed E-state index contributed by atoms with van der Waals surface area (Å²) in [4.78, 5) is 23.1. The number of hydrogen-bond donors (Lipinski definition) is 1. The molecule has 1 atom stereocenters. The van der Waals surface area contributed by atoms with Gasteiger partial charge in [-0.25, -0.2) is 13.2 Å². The Morgan fingerprint density at radius 3 is 2.77 bits per heavy atom. The van der Waals surface area contributed by atoms with Gasteiger partial charge in [-0.3, -0.25) is 10.1 Å². The standard InChI is InChI=1S/C17H18N2O6S/c1-10-14(17(20)25-2)15(11-5-3-6-12(9-11)19(21)22)16-13(18-10)7-4-8-26(16,23)24/h3,5-6,9,15,18H,4,7-8H2,1-2H3. The lowest BCUT2D eigenvalue weighted by molar-refractivity contribution is -0.384. The first-order chi connectivity index (χ1) is 12.3. The fraction of sp³-hybridized carbons (Fsp3) is 0.353. The second-order valence-corrected chi connectivity index (χ2v) is 8.28. The van der Waals surface area contributed by atoms with Gasteiger partial charge < -0.3 is 10.1 Å². The number of carbonyl (C=O) groups is 1. The molecular weight excluding hydrogens is 360 g/mol. The summed E-state index contributed by atoms with van der Waals surface area (Å²) in [5, 5.41) is 14.2. The number of nitrogens with zero attached hydrogens (tertiary/aromatic N) is 1. The Hall–Kier alpha value is -2.68. The maximum atomic E-state index is 12.8. The summed E-state index contributed by atoms with van der Waals surface area (Å²) in [5.41, 5.74) is 1.39. The topological polar surface area (TPSA) is 116 Å². The van der Waals surface area contributed by atoms with Gasteiger partial charge in [-0.2, -0.15) is 0 Å². The number of nitro benzene ring substituents is 1. The molecule has 0 bridgehead atoms. The molecule has 1 N–H and O–H groups in total. The Morgan fingerprint density at radius 2 is 2.12 bits per heavy atom. The highest BCUT2D eigenvalue weighted by atomic mass is 32.2. The molecule has 1 aromatic carbocycles. The molecule has 2 aliphatic rings. The number of non-ortho nitro benzene ring substituents is 1.